The van der Waals surface area contributed by atoms with E-state index in [1.165, 1.54) is 5.56 Å². The Kier molecular flexibility index (Phi) is 11.0. The molecule has 2 atom stereocenters. The number of amides is 2. The van der Waals surface area contributed by atoms with Gasteiger partial charge in [-0.2, -0.15) is 9.97 Å². The molecule has 0 bridgehead atoms. The van der Waals surface area contributed by atoms with Crippen LogP contribution in [-0.4, -0.2) is 122 Å². The molecule has 19 heteroatoms. The van der Waals surface area contributed by atoms with Gasteiger partial charge in [0.2, 0.25) is 23.0 Å². The van der Waals surface area contributed by atoms with Gasteiger partial charge in [0.05, 0.1) is 22.9 Å². The number of nitrogens with one attached hydrogen (secondary N) is 2. The monoisotopic (exact) mass is 819 g/mol. The van der Waals surface area contributed by atoms with E-state index in [0.29, 0.717) is 80.7 Å². The Balaban J connectivity index is 0.000000184. The number of sulfone groups is 2. The minimum absolute atomic E-state index is 0.0357. The summed E-state index contributed by atoms with van der Waals surface area (Å²) in [7, 11) is -3.26. The first-order valence-electron chi connectivity index (χ1n) is 18.1. The highest BCUT2D eigenvalue weighted by Gasteiger charge is 2.36. The Bertz CT molecular complexity index is 2170. The summed E-state index contributed by atoms with van der Waals surface area (Å²) in [6, 6.07) is 7.97. The van der Waals surface area contributed by atoms with Crippen LogP contribution in [-0.2, 0) is 42.1 Å². The molecular formula is C35H43Cl2N9O6S2. The molecule has 7 heterocycles. The zero-order valence-electron chi connectivity index (χ0n) is 30.1. The summed E-state index contributed by atoms with van der Waals surface area (Å²) in [5, 5.41) is 7.24. The van der Waals surface area contributed by atoms with Crippen LogP contribution in [0.3, 0.4) is 0 Å². The van der Waals surface area contributed by atoms with Crippen molar-refractivity contribution in [3.05, 3.63) is 51.5 Å². The molecule has 3 aromatic rings. The second kappa shape index (κ2) is 15.4. The number of likely N-dealkylation sites (N-methyl/N-ethyl adjacent to an activating group) is 2. The van der Waals surface area contributed by atoms with Gasteiger partial charge < -0.3 is 25.3 Å². The normalized spacial score (nSPS) is 23.4. The number of aryl methyl sites for hydroxylation is 2. The van der Waals surface area contributed by atoms with E-state index in [2.05, 4.69) is 42.6 Å². The summed E-state index contributed by atoms with van der Waals surface area (Å²) in [5.74, 6) is 2.00. The maximum Gasteiger partial charge on any atom is 0.227 e. The fourth-order valence-corrected chi connectivity index (χ4v) is 11.2. The van der Waals surface area contributed by atoms with E-state index in [1.54, 1.807) is 23.9 Å². The first-order valence-corrected chi connectivity index (χ1v) is 22.2. The van der Waals surface area contributed by atoms with Crippen LogP contribution in [0.2, 0.25) is 10.3 Å². The number of rotatable bonds is 6. The number of piperidine rings is 3. The molecule has 290 valence electrons. The van der Waals surface area contributed by atoms with Gasteiger partial charge in [0.15, 0.2) is 25.5 Å². The van der Waals surface area contributed by atoms with Crippen LogP contribution < -0.4 is 15.5 Å². The largest absolute Gasteiger partial charge is 0.364 e. The van der Waals surface area contributed by atoms with Gasteiger partial charge in [0.25, 0.3) is 0 Å². The molecule has 2 aromatic heterocycles. The lowest BCUT2D eigenvalue weighted by Gasteiger charge is -2.33. The molecule has 15 nitrogen and oxygen atoms in total. The summed E-state index contributed by atoms with van der Waals surface area (Å²) in [6.07, 6.45) is 4.88. The Morgan fingerprint density at radius 1 is 0.667 bits per heavy atom. The van der Waals surface area contributed by atoms with E-state index < -0.39 is 19.7 Å². The van der Waals surface area contributed by atoms with Crippen molar-refractivity contribution in [3.8, 4) is 0 Å². The van der Waals surface area contributed by atoms with Crippen LogP contribution in [0.4, 0.5) is 17.6 Å². The number of halogens is 2. The van der Waals surface area contributed by atoms with E-state index in [-0.39, 0.29) is 56.3 Å². The molecule has 0 saturated carbocycles. The Hall–Kier alpha value is -3.80. The number of nitrogens with zero attached hydrogens (tertiary/aromatic N) is 7. The predicted molar refractivity (Wildman–Crippen MR) is 205 cm³/mol. The van der Waals surface area contributed by atoms with Crippen molar-refractivity contribution in [2.75, 3.05) is 67.3 Å². The van der Waals surface area contributed by atoms with E-state index >= 15 is 0 Å². The van der Waals surface area contributed by atoms with Crippen LogP contribution in [0.15, 0.2) is 34.1 Å². The molecule has 5 aliphatic rings. The maximum atomic E-state index is 12.7. The third-order valence-corrected chi connectivity index (χ3v) is 14.7. The molecule has 0 unspecified atom stereocenters. The van der Waals surface area contributed by atoms with Crippen LogP contribution >= 0.6 is 23.2 Å². The highest BCUT2D eigenvalue weighted by molar-refractivity contribution is 7.92. The molecule has 1 aromatic carbocycles. The molecule has 2 N–H and O–H groups in total. The molecule has 0 radical (unpaired) electrons. The molecule has 0 aliphatic carbocycles. The SMILES string of the molecule is CN1C[C@@H](Nc2nc(Cl)nc3c2S(=O)(=O)CC3)CCC1=O.CN1C[C@@H](Nc2nc(N3CCC(c4ccc(Cl)cc4)CC3)nc3c2S(=O)(=O)CC3)CCC1=O. The quantitative estimate of drug-likeness (QED) is 0.345. The molecule has 2 amide bonds. The minimum atomic E-state index is -3.40. The molecule has 54 heavy (non-hydrogen) atoms. The maximum absolute atomic E-state index is 12.7. The molecular weight excluding hydrogens is 777 g/mol. The smallest absolute Gasteiger partial charge is 0.227 e. The number of fused-ring (bicyclic) bond motifs is 2. The summed E-state index contributed by atoms with van der Waals surface area (Å²) < 4.78 is 49.7. The number of aromatic nitrogens is 4. The summed E-state index contributed by atoms with van der Waals surface area (Å²) >= 11 is 11.9. The van der Waals surface area contributed by atoms with Crippen molar-refractivity contribution >= 4 is 72.3 Å². The second-order valence-electron chi connectivity index (χ2n) is 14.5. The molecule has 3 saturated heterocycles. The molecule has 8 rings (SSSR count). The third kappa shape index (κ3) is 8.23. The first kappa shape index (κ1) is 38.5. The highest BCUT2D eigenvalue weighted by Crippen LogP contribution is 2.36. The fourth-order valence-electron chi connectivity index (χ4n) is 7.74. The highest BCUT2D eigenvalue weighted by atomic mass is 35.5. The number of likely N-dealkylation sites (tertiary alicyclic amines) is 2. The van der Waals surface area contributed by atoms with Crippen molar-refractivity contribution in [2.45, 2.75) is 79.2 Å². The van der Waals surface area contributed by atoms with E-state index in [4.69, 9.17) is 28.2 Å². The zero-order chi connectivity index (χ0) is 38.4. The number of carbonyl (C=O) groups is 2. The Morgan fingerprint density at radius 3 is 1.69 bits per heavy atom. The van der Waals surface area contributed by atoms with Gasteiger partial charge in [-0.15, -0.1) is 0 Å². The van der Waals surface area contributed by atoms with E-state index in [0.717, 1.165) is 31.0 Å². The molecule has 3 fully saturated rings. The van der Waals surface area contributed by atoms with Crippen LogP contribution in [0, 0.1) is 0 Å². The lowest BCUT2D eigenvalue weighted by atomic mass is 9.89. The number of hydrogen-bond acceptors (Lipinski definition) is 13. The summed E-state index contributed by atoms with van der Waals surface area (Å²) in [4.78, 5) is 46.6. The molecule has 0 spiro atoms. The van der Waals surface area contributed by atoms with Crippen LogP contribution in [0.25, 0.3) is 0 Å². The average molecular weight is 821 g/mol. The minimum Gasteiger partial charge on any atom is -0.364 e. The van der Waals surface area contributed by atoms with Gasteiger partial charge in [0.1, 0.15) is 15.6 Å². The lowest BCUT2D eigenvalue weighted by Crippen LogP contribution is -2.43. The van der Waals surface area contributed by atoms with Crippen molar-refractivity contribution in [3.63, 3.8) is 0 Å². The van der Waals surface area contributed by atoms with Crippen LogP contribution in [0.5, 0.6) is 0 Å². The number of anilines is 3. The number of benzene rings is 1. The summed E-state index contributed by atoms with van der Waals surface area (Å²) in [5.41, 5.74) is 2.36. The van der Waals surface area contributed by atoms with Gasteiger partial charge in [0, 0.05) is 83.1 Å². The van der Waals surface area contributed by atoms with E-state index in [9.17, 15) is 26.4 Å². The topological polar surface area (TPSA) is 188 Å². The van der Waals surface area contributed by atoms with Gasteiger partial charge >= 0.3 is 0 Å². The third-order valence-electron chi connectivity index (χ3n) is 10.7. The van der Waals surface area contributed by atoms with Crippen LogP contribution in [0.1, 0.15) is 61.4 Å². The van der Waals surface area contributed by atoms with Gasteiger partial charge in [-0.1, -0.05) is 23.7 Å². The average Bonchev–Trinajstić information content (AvgIpc) is 3.62. The predicted octanol–water partition coefficient (Wildman–Crippen LogP) is 3.37. The Labute approximate surface area is 325 Å². The van der Waals surface area contributed by atoms with Crippen molar-refractivity contribution < 1.29 is 26.4 Å². The van der Waals surface area contributed by atoms with Crippen molar-refractivity contribution in [2.24, 2.45) is 0 Å². The molecule has 5 aliphatic heterocycles. The standard InChI is InChI=1S/C23H28ClN5O3S.C12H15ClN4O3S/c1-28-14-18(6-7-20(28)30)25-22-21-19(10-13-33(21,31)32)26-23(27-22)29-11-8-16(9-12-29)15-2-4-17(24)5-3-15;1-17-6-7(2-3-9(17)18)14-11-10-8(15-12(13)16-11)4-5-21(10,19)20/h2-5,16,18H,6-14H2,1H3,(H,25,26,27);7H,2-6H2,1H3,(H,14,15,16)/t18-;7-/m00/s1. The number of carbonyl (C=O) groups excluding carboxylic acids is 2. The van der Waals surface area contributed by atoms with E-state index in [1.807, 2.05) is 12.1 Å². The van der Waals surface area contributed by atoms with Gasteiger partial charge in [-0.25, -0.2) is 26.8 Å². The zero-order valence-corrected chi connectivity index (χ0v) is 33.2. The fraction of sp³-hybridized carbons (Fsp3) is 0.543. The van der Waals surface area contributed by atoms with Gasteiger partial charge in [-0.3, -0.25) is 9.59 Å². The summed E-state index contributed by atoms with van der Waals surface area (Å²) in [6.45, 7) is 2.65. The van der Waals surface area contributed by atoms with Gasteiger partial charge in [-0.05, 0) is 60.9 Å². The second-order valence-corrected chi connectivity index (χ2v) is 19.4. The van der Waals surface area contributed by atoms with Crippen molar-refractivity contribution in [1.82, 2.24) is 29.7 Å². The lowest BCUT2D eigenvalue weighted by molar-refractivity contribution is -0.132. The van der Waals surface area contributed by atoms with Crippen molar-refractivity contribution in [1.29, 1.82) is 0 Å². The first-order chi connectivity index (χ1) is 25.7. The Morgan fingerprint density at radius 2 is 1.17 bits per heavy atom. The number of hydrogen-bond donors (Lipinski definition) is 2.